The Balaban J connectivity index is 2.15. The minimum atomic E-state index is -0.629. The molecule has 0 radical (unpaired) electrons. The first-order valence-corrected chi connectivity index (χ1v) is 7.00. The fraction of sp³-hybridized carbons (Fsp3) is 0.533. The number of ether oxygens (including phenoxy) is 2. The molecule has 0 aromatic heterocycles. The molecular weight excluding hydrogens is 256 g/mol. The van der Waals surface area contributed by atoms with Crippen LogP contribution in [0.25, 0.3) is 0 Å². The lowest BCUT2D eigenvalue weighted by Gasteiger charge is -2.36. The van der Waals surface area contributed by atoms with E-state index in [1.165, 1.54) is 0 Å². The maximum Gasteiger partial charge on any atom is 0.331 e. The fourth-order valence-corrected chi connectivity index (χ4v) is 2.45. The van der Waals surface area contributed by atoms with E-state index in [1.54, 1.807) is 7.11 Å². The van der Waals surface area contributed by atoms with Gasteiger partial charge in [0.15, 0.2) is 0 Å². The van der Waals surface area contributed by atoms with Gasteiger partial charge in [-0.15, -0.1) is 0 Å². The number of hydrogen-bond donors (Lipinski definition) is 2. The Morgan fingerprint density at radius 2 is 1.95 bits per heavy atom. The van der Waals surface area contributed by atoms with Crippen molar-refractivity contribution < 1.29 is 14.3 Å². The Kier molecular flexibility index (Phi) is 4.84. The molecule has 2 rings (SSSR count). The lowest BCUT2D eigenvalue weighted by atomic mass is 9.88. The fourth-order valence-electron chi connectivity index (χ4n) is 2.45. The Morgan fingerprint density at radius 3 is 2.50 bits per heavy atom. The zero-order valence-corrected chi connectivity index (χ0v) is 12.1. The van der Waals surface area contributed by atoms with Crippen molar-refractivity contribution >= 4 is 11.7 Å². The maximum absolute atomic E-state index is 12.3. The molecule has 0 unspecified atom stereocenters. The molecule has 0 amide bonds. The summed E-state index contributed by atoms with van der Waals surface area (Å²) in [7, 11) is 1.63. The van der Waals surface area contributed by atoms with Crippen LogP contribution in [-0.2, 0) is 9.53 Å². The number of benzene rings is 1. The molecule has 0 spiro atoms. The van der Waals surface area contributed by atoms with Gasteiger partial charge in [0, 0.05) is 5.69 Å². The van der Waals surface area contributed by atoms with Crippen LogP contribution in [0.3, 0.4) is 0 Å². The number of piperidine rings is 1. The summed E-state index contributed by atoms with van der Waals surface area (Å²) >= 11 is 0. The highest BCUT2D eigenvalue weighted by molar-refractivity contribution is 5.84. The van der Waals surface area contributed by atoms with Crippen LogP contribution in [0, 0.1) is 0 Å². The van der Waals surface area contributed by atoms with E-state index in [2.05, 4.69) is 10.6 Å². The zero-order chi connectivity index (χ0) is 14.4. The van der Waals surface area contributed by atoms with Gasteiger partial charge in [0.05, 0.1) is 13.7 Å². The summed E-state index contributed by atoms with van der Waals surface area (Å²) in [5, 5.41) is 6.63. The monoisotopic (exact) mass is 278 g/mol. The quantitative estimate of drug-likeness (QED) is 0.804. The summed E-state index contributed by atoms with van der Waals surface area (Å²) < 4.78 is 10.4. The van der Waals surface area contributed by atoms with E-state index in [0.29, 0.717) is 6.61 Å². The third-order valence-electron chi connectivity index (χ3n) is 3.60. The number of carbonyl (C=O) groups is 1. The first-order valence-electron chi connectivity index (χ1n) is 7.00. The van der Waals surface area contributed by atoms with Crippen LogP contribution in [0.4, 0.5) is 5.69 Å². The molecule has 20 heavy (non-hydrogen) atoms. The number of rotatable bonds is 5. The van der Waals surface area contributed by atoms with Crippen molar-refractivity contribution in [2.75, 3.05) is 32.1 Å². The molecule has 0 aliphatic carbocycles. The Bertz CT molecular complexity index is 439. The van der Waals surface area contributed by atoms with Gasteiger partial charge in [0.25, 0.3) is 0 Å². The van der Waals surface area contributed by atoms with Crippen molar-refractivity contribution in [1.29, 1.82) is 0 Å². The van der Waals surface area contributed by atoms with Crippen LogP contribution in [0.2, 0.25) is 0 Å². The van der Waals surface area contributed by atoms with E-state index < -0.39 is 5.54 Å². The summed E-state index contributed by atoms with van der Waals surface area (Å²) in [5.74, 6) is 0.628. The molecule has 0 atom stereocenters. The Hall–Kier alpha value is -1.75. The normalized spacial score (nSPS) is 17.3. The summed E-state index contributed by atoms with van der Waals surface area (Å²) in [6.45, 7) is 3.85. The number of carbonyl (C=O) groups excluding carboxylic acids is 1. The topological polar surface area (TPSA) is 59.6 Å². The molecule has 0 saturated carbocycles. The van der Waals surface area contributed by atoms with Gasteiger partial charge in [0.2, 0.25) is 0 Å². The van der Waals surface area contributed by atoms with Gasteiger partial charge in [-0.2, -0.15) is 0 Å². The van der Waals surface area contributed by atoms with Crippen LogP contribution in [-0.4, -0.2) is 38.3 Å². The first kappa shape index (κ1) is 14.7. The van der Waals surface area contributed by atoms with Crippen LogP contribution in [0.15, 0.2) is 24.3 Å². The van der Waals surface area contributed by atoms with Crippen LogP contribution < -0.4 is 15.4 Å². The smallest absolute Gasteiger partial charge is 0.331 e. The minimum Gasteiger partial charge on any atom is -0.497 e. The maximum atomic E-state index is 12.3. The Morgan fingerprint density at radius 1 is 1.30 bits per heavy atom. The highest BCUT2D eigenvalue weighted by Gasteiger charge is 2.40. The standard InChI is InChI=1S/C15H22N2O3/c1-3-20-14(18)15(8-10-16-11-9-15)17-12-4-6-13(19-2)7-5-12/h4-7,16-17H,3,8-11H2,1-2H3. The third kappa shape index (κ3) is 3.22. The summed E-state index contributed by atoms with van der Waals surface area (Å²) in [6.07, 6.45) is 1.44. The van der Waals surface area contributed by atoms with Crippen molar-refractivity contribution in [3.63, 3.8) is 0 Å². The van der Waals surface area contributed by atoms with Crippen molar-refractivity contribution in [2.24, 2.45) is 0 Å². The van der Waals surface area contributed by atoms with Crippen LogP contribution in [0.5, 0.6) is 5.75 Å². The van der Waals surface area contributed by atoms with Gasteiger partial charge in [0.1, 0.15) is 11.3 Å². The van der Waals surface area contributed by atoms with E-state index in [9.17, 15) is 4.79 Å². The van der Waals surface area contributed by atoms with Gasteiger partial charge in [-0.3, -0.25) is 0 Å². The second-order valence-electron chi connectivity index (χ2n) is 4.91. The SMILES string of the molecule is CCOC(=O)C1(Nc2ccc(OC)cc2)CCNCC1. The molecule has 1 fully saturated rings. The number of nitrogens with one attached hydrogen (secondary N) is 2. The molecule has 1 saturated heterocycles. The Labute approximate surface area is 119 Å². The summed E-state index contributed by atoms with van der Waals surface area (Å²) in [5.41, 5.74) is 0.274. The van der Waals surface area contributed by atoms with E-state index >= 15 is 0 Å². The van der Waals surface area contributed by atoms with E-state index in [4.69, 9.17) is 9.47 Å². The van der Waals surface area contributed by atoms with Crippen LogP contribution in [0.1, 0.15) is 19.8 Å². The van der Waals surface area contributed by atoms with Gasteiger partial charge in [-0.1, -0.05) is 0 Å². The zero-order valence-electron chi connectivity index (χ0n) is 12.1. The largest absolute Gasteiger partial charge is 0.497 e. The van der Waals surface area contributed by atoms with E-state index in [1.807, 2.05) is 31.2 Å². The van der Waals surface area contributed by atoms with Crippen molar-refractivity contribution in [3.8, 4) is 5.75 Å². The summed E-state index contributed by atoms with van der Waals surface area (Å²) in [6, 6.07) is 7.59. The highest BCUT2D eigenvalue weighted by atomic mass is 16.5. The average Bonchev–Trinajstić information content (AvgIpc) is 2.49. The average molecular weight is 278 g/mol. The van der Waals surface area contributed by atoms with Gasteiger partial charge in [-0.25, -0.2) is 4.79 Å². The first-order chi connectivity index (χ1) is 9.70. The lowest BCUT2D eigenvalue weighted by Crippen LogP contribution is -2.54. The van der Waals surface area contributed by atoms with Crippen LogP contribution >= 0.6 is 0 Å². The molecule has 0 bridgehead atoms. The molecular formula is C15H22N2O3. The molecule has 2 N–H and O–H groups in total. The second kappa shape index (κ2) is 6.61. The van der Waals surface area contributed by atoms with E-state index in [0.717, 1.165) is 37.4 Å². The predicted octanol–water partition coefficient (Wildman–Crippen LogP) is 1.79. The number of methoxy groups -OCH3 is 1. The molecule has 5 heteroatoms. The number of esters is 1. The van der Waals surface area contributed by atoms with Gasteiger partial charge < -0.3 is 20.1 Å². The molecule has 1 aromatic carbocycles. The lowest BCUT2D eigenvalue weighted by molar-refractivity contribution is -0.149. The molecule has 110 valence electrons. The molecule has 1 aliphatic rings. The third-order valence-corrected chi connectivity index (χ3v) is 3.60. The van der Waals surface area contributed by atoms with Crippen molar-refractivity contribution in [1.82, 2.24) is 5.32 Å². The van der Waals surface area contributed by atoms with Gasteiger partial charge >= 0.3 is 5.97 Å². The number of hydrogen-bond acceptors (Lipinski definition) is 5. The predicted molar refractivity (Wildman–Crippen MR) is 78.1 cm³/mol. The highest BCUT2D eigenvalue weighted by Crippen LogP contribution is 2.27. The second-order valence-corrected chi connectivity index (χ2v) is 4.91. The van der Waals surface area contributed by atoms with Crippen molar-refractivity contribution in [2.45, 2.75) is 25.3 Å². The van der Waals surface area contributed by atoms with E-state index in [-0.39, 0.29) is 5.97 Å². The number of anilines is 1. The minimum absolute atomic E-state index is 0.169. The molecule has 1 aliphatic heterocycles. The summed E-state index contributed by atoms with van der Waals surface area (Å²) in [4.78, 5) is 12.3. The molecule has 5 nitrogen and oxygen atoms in total. The molecule has 1 aromatic rings. The molecule has 1 heterocycles. The van der Waals surface area contributed by atoms with Crippen molar-refractivity contribution in [3.05, 3.63) is 24.3 Å². The van der Waals surface area contributed by atoms with Gasteiger partial charge in [-0.05, 0) is 57.1 Å².